The quantitative estimate of drug-likeness (QED) is 0.446. The highest BCUT2D eigenvalue weighted by Gasteiger charge is 2.23. The molecule has 1 fully saturated rings. The topological polar surface area (TPSA) is 59.9 Å². The van der Waals surface area contributed by atoms with E-state index in [0.29, 0.717) is 27.4 Å². The summed E-state index contributed by atoms with van der Waals surface area (Å²) in [6.45, 7) is 2.40. The second kappa shape index (κ2) is 9.94. The van der Waals surface area contributed by atoms with Crippen LogP contribution in [0, 0.1) is 6.92 Å². The molecule has 5 nitrogen and oxygen atoms in total. The van der Waals surface area contributed by atoms with E-state index in [0.717, 1.165) is 28.2 Å². The van der Waals surface area contributed by atoms with Gasteiger partial charge < -0.3 is 14.8 Å². The zero-order chi connectivity index (χ0) is 22.5. The Balaban J connectivity index is 1.39. The summed E-state index contributed by atoms with van der Waals surface area (Å²) in [5.74, 6) is 1.40. The lowest BCUT2D eigenvalue weighted by molar-refractivity contribution is -0.115. The van der Waals surface area contributed by atoms with Crippen LogP contribution in [-0.4, -0.2) is 18.2 Å². The van der Waals surface area contributed by atoms with Crippen LogP contribution in [0.5, 0.6) is 11.5 Å². The number of amides is 1. The number of rotatable bonds is 6. The summed E-state index contributed by atoms with van der Waals surface area (Å²) in [4.78, 5) is 17.4. The van der Waals surface area contributed by atoms with Gasteiger partial charge in [-0.15, -0.1) is 0 Å². The van der Waals surface area contributed by atoms with Crippen LogP contribution in [0.3, 0.4) is 0 Å². The number of amidine groups is 1. The molecule has 1 amide bonds. The van der Waals surface area contributed by atoms with E-state index in [1.165, 1.54) is 11.8 Å². The molecule has 3 aromatic carbocycles. The maximum absolute atomic E-state index is 12.3. The van der Waals surface area contributed by atoms with Gasteiger partial charge in [-0.05, 0) is 77.9 Å². The molecule has 7 heteroatoms. The maximum Gasteiger partial charge on any atom is 0.264 e. The molecule has 32 heavy (non-hydrogen) atoms. The van der Waals surface area contributed by atoms with Crippen LogP contribution in [0.1, 0.15) is 16.7 Å². The molecule has 0 bridgehead atoms. The van der Waals surface area contributed by atoms with Crippen molar-refractivity contribution in [2.45, 2.75) is 13.5 Å². The Morgan fingerprint density at radius 3 is 2.44 bits per heavy atom. The molecule has 1 aliphatic rings. The SMILES string of the molecule is COc1ccc(COc2ccc(/C=C3\SC(=Nc4ccc(C)c(Cl)c4)NC3=O)cc2)cc1. The molecule has 1 aliphatic heterocycles. The molecule has 1 heterocycles. The summed E-state index contributed by atoms with van der Waals surface area (Å²) < 4.78 is 11.0. The fraction of sp³-hybridized carbons (Fsp3) is 0.120. The van der Waals surface area contributed by atoms with Crippen molar-refractivity contribution in [3.63, 3.8) is 0 Å². The molecule has 1 saturated heterocycles. The Kier molecular flexibility index (Phi) is 6.83. The van der Waals surface area contributed by atoms with Gasteiger partial charge in [0.05, 0.1) is 17.7 Å². The fourth-order valence-electron chi connectivity index (χ4n) is 2.95. The van der Waals surface area contributed by atoms with Crippen molar-refractivity contribution in [2.24, 2.45) is 4.99 Å². The molecule has 4 rings (SSSR count). The summed E-state index contributed by atoms with van der Waals surface area (Å²) in [7, 11) is 1.64. The van der Waals surface area contributed by atoms with E-state index >= 15 is 0 Å². The number of aryl methyl sites for hydroxylation is 1. The van der Waals surface area contributed by atoms with Crippen LogP contribution in [-0.2, 0) is 11.4 Å². The Morgan fingerprint density at radius 2 is 1.75 bits per heavy atom. The van der Waals surface area contributed by atoms with Gasteiger partial charge >= 0.3 is 0 Å². The van der Waals surface area contributed by atoms with Crippen LogP contribution in [0.15, 0.2) is 76.6 Å². The van der Waals surface area contributed by atoms with Crippen LogP contribution in [0.2, 0.25) is 5.02 Å². The number of ether oxygens (including phenoxy) is 2. The molecule has 0 spiro atoms. The van der Waals surface area contributed by atoms with Crippen LogP contribution >= 0.6 is 23.4 Å². The number of carbonyl (C=O) groups excluding carboxylic acids is 1. The average molecular weight is 465 g/mol. The summed E-state index contributed by atoms with van der Waals surface area (Å²) in [5, 5.41) is 3.97. The van der Waals surface area contributed by atoms with E-state index in [4.69, 9.17) is 21.1 Å². The van der Waals surface area contributed by atoms with Crippen molar-refractivity contribution in [2.75, 3.05) is 7.11 Å². The van der Waals surface area contributed by atoms with Gasteiger partial charge in [-0.2, -0.15) is 0 Å². The van der Waals surface area contributed by atoms with Gasteiger partial charge in [-0.3, -0.25) is 4.79 Å². The second-order valence-electron chi connectivity index (χ2n) is 7.12. The molecule has 0 aliphatic carbocycles. The first-order valence-electron chi connectivity index (χ1n) is 9.92. The number of hydrogen-bond acceptors (Lipinski definition) is 5. The number of methoxy groups -OCH3 is 1. The normalized spacial score (nSPS) is 15.8. The Hall–Kier alpha value is -3.22. The van der Waals surface area contributed by atoms with Crippen molar-refractivity contribution in [3.8, 4) is 11.5 Å². The molecule has 0 atom stereocenters. The Morgan fingerprint density at radius 1 is 1.03 bits per heavy atom. The van der Waals surface area contributed by atoms with Gasteiger partial charge in [0.1, 0.15) is 18.1 Å². The molecule has 162 valence electrons. The fourth-order valence-corrected chi connectivity index (χ4v) is 3.97. The van der Waals surface area contributed by atoms with Crippen LogP contribution in [0.4, 0.5) is 5.69 Å². The van der Waals surface area contributed by atoms with Gasteiger partial charge in [0.2, 0.25) is 0 Å². The Bertz CT molecular complexity index is 1190. The molecular weight excluding hydrogens is 444 g/mol. The first kappa shape index (κ1) is 22.0. The largest absolute Gasteiger partial charge is 0.497 e. The number of halogens is 1. The molecule has 0 aromatic heterocycles. The van der Waals surface area contributed by atoms with Gasteiger partial charge in [-0.1, -0.05) is 41.9 Å². The standard InChI is InChI=1S/C25H21ClN2O3S/c1-16-3-8-19(14-22(16)26)27-25-28-24(29)23(32-25)13-17-4-11-21(12-5-17)31-15-18-6-9-20(30-2)10-7-18/h3-14H,15H2,1-2H3,(H,27,28,29)/b23-13-. The molecule has 3 aromatic rings. The molecule has 1 N–H and O–H groups in total. The third-order valence-corrected chi connectivity index (χ3v) is 6.10. The smallest absolute Gasteiger partial charge is 0.264 e. The number of thioether (sulfide) groups is 1. The maximum atomic E-state index is 12.3. The first-order chi connectivity index (χ1) is 15.5. The summed E-state index contributed by atoms with van der Waals surface area (Å²) in [6, 6.07) is 20.9. The Labute approximate surface area is 196 Å². The van der Waals surface area contributed by atoms with E-state index in [2.05, 4.69) is 10.3 Å². The summed E-state index contributed by atoms with van der Waals surface area (Å²) in [6.07, 6.45) is 1.83. The van der Waals surface area contributed by atoms with E-state index in [1.807, 2.05) is 73.7 Å². The summed E-state index contributed by atoms with van der Waals surface area (Å²) in [5.41, 5.74) is 3.63. The monoisotopic (exact) mass is 464 g/mol. The predicted molar refractivity (Wildman–Crippen MR) is 131 cm³/mol. The van der Waals surface area contributed by atoms with Crippen molar-refractivity contribution in [1.82, 2.24) is 5.32 Å². The summed E-state index contributed by atoms with van der Waals surface area (Å²) >= 11 is 7.46. The number of hydrogen-bond donors (Lipinski definition) is 1. The van der Waals surface area contributed by atoms with Crippen LogP contribution in [0.25, 0.3) is 6.08 Å². The predicted octanol–water partition coefficient (Wildman–Crippen LogP) is 6.13. The highest BCUT2D eigenvalue weighted by molar-refractivity contribution is 8.18. The minimum Gasteiger partial charge on any atom is -0.497 e. The number of nitrogens with zero attached hydrogens (tertiary/aromatic N) is 1. The van der Waals surface area contributed by atoms with Crippen LogP contribution < -0.4 is 14.8 Å². The highest BCUT2D eigenvalue weighted by atomic mass is 35.5. The lowest BCUT2D eigenvalue weighted by atomic mass is 10.2. The average Bonchev–Trinajstić information content (AvgIpc) is 3.14. The number of nitrogens with one attached hydrogen (secondary N) is 1. The highest BCUT2D eigenvalue weighted by Crippen LogP contribution is 2.30. The van der Waals surface area contributed by atoms with Crippen molar-refractivity contribution in [1.29, 1.82) is 0 Å². The lowest BCUT2D eigenvalue weighted by Gasteiger charge is -2.07. The van der Waals surface area contributed by atoms with Gasteiger partial charge in [-0.25, -0.2) is 4.99 Å². The lowest BCUT2D eigenvalue weighted by Crippen LogP contribution is -2.19. The van der Waals surface area contributed by atoms with Crippen molar-refractivity contribution < 1.29 is 14.3 Å². The first-order valence-corrected chi connectivity index (χ1v) is 11.1. The molecule has 0 saturated carbocycles. The van der Waals surface area contributed by atoms with Gasteiger partial charge in [0, 0.05) is 5.02 Å². The third kappa shape index (κ3) is 5.52. The van der Waals surface area contributed by atoms with Gasteiger partial charge in [0.25, 0.3) is 5.91 Å². The number of benzene rings is 3. The van der Waals surface area contributed by atoms with E-state index in [-0.39, 0.29) is 5.91 Å². The minimum atomic E-state index is -0.174. The molecule has 0 unspecified atom stereocenters. The van der Waals surface area contributed by atoms with Crippen molar-refractivity contribution in [3.05, 3.63) is 93.3 Å². The van der Waals surface area contributed by atoms with E-state index in [1.54, 1.807) is 13.2 Å². The number of aliphatic imine (C=N–C) groups is 1. The molecule has 0 radical (unpaired) electrons. The van der Waals surface area contributed by atoms with Crippen molar-refractivity contribution >= 4 is 46.2 Å². The second-order valence-corrected chi connectivity index (χ2v) is 8.56. The minimum absolute atomic E-state index is 0.174. The molecular formula is C25H21ClN2O3S. The number of carbonyl (C=O) groups is 1. The third-order valence-electron chi connectivity index (χ3n) is 4.78. The van der Waals surface area contributed by atoms with E-state index < -0.39 is 0 Å². The zero-order valence-electron chi connectivity index (χ0n) is 17.6. The van der Waals surface area contributed by atoms with E-state index in [9.17, 15) is 4.79 Å². The van der Waals surface area contributed by atoms with Gasteiger partial charge in [0.15, 0.2) is 5.17 Å². The zero-order valence-corrected chi connectivity index (χ0v) is 19.2.